The van der Waals surface area contributed by atoms with E-state index in [0.717, 1.165) is 30.4 Å². The molecule has 0 saturated carbocycles. The molecule has 0 bridgehead atoms. The summed E-state index contributed by atoms with van der Waals surface area (Å²) in [6.07, 6.45) is 2.77. The van der Waals surface area contributed by atoms with Gasteiger partial charge in [0.25, 0.3) is 0 Å². The van der Waals surface area contributed by atoms with Crippen LogP contribution in [0.25, 0.3) is 0 Å². The molecule has 1 aromatic carbocycles. The normalized spacial score (nSPS) is 20.9. The monoisotopic (exact) mass is 296 g/mol. The first-order valence-corrected chi connectivity index (χ1v) is 8.32. The first-order chi connectivity index (χ1) is 9.37. The standard InChI is InChI=1S/C15H22NO3S/c1-11-9-14(19-4)10-12(2)15(11)20(17,18)16-8-6-5-7-13(16)3/h9-10,13H,3,5-8H2,1-2,4H3. The average Bonchev–Trinajstić information content (AvgIpc) is 2.37. The van der Waals surface area contributed by atoms with Crippen LogP contribution in [0.5, 0.6) is 5.75 Å². The Morgan fingerprint density at radius 3 is 2.35 bits per heavy atom. The van der Waals surface area contributed by atoms with Gasteiger partial charge in [-0.05, 0) is 56.9 Å². The second-order valence-electron chi connectivity index (χ2n) is 5.36. The molecule has 20 heavy (non-hydrogen) atoms. The number of hydrogen-bond acceptors (Lipinski definition) is 3. The molecule has 0 aromatic heterocycles. The van der Waals surface area contributed by atoms with Crippen LogP contribution < -0.4 is 4.74 Å². The van der Waals surface area contributed by atoms with E-state index in [1.54, 1.807) is 19.2 Å². The first-order valence-electron chi connectivity index (χ1n) is 6.88. The number of aryl methyl sites for hydroxylation is 2. The number of methoxy groups -OCH3 is 1. The lowest BCUT2D eigenvalue weighted by Crippen LogP contribution is -2.42. The summed E-state index contributed by atoms with van der Waals surface area (Å²) >= 11 is 0. The molecule has 2 rings (SSSR count). The predicted molar refractivity (Wildman–Crippen MR) is 79.4 cm³/mol. The largest absolute Gasteiger partial charge is 0.497 e. The van der Waals surface area contributed by atoms with Gasteiger partial charge in [0.1, 0.15) is 5.75 Å². The molecule has 1 fully saturated rings. The van der Waals surface area contributed by atoms with E-state index in [0.29, 0.717) is 17.2 Å². The molecule has 0 N–H and O–H groups in total. The highest BCUT2D eigenvalue weighted by molar-refractivity contribution is 7.89. The molecular weight excluding hydrogens is 274 g/mol. The Balaban J connectivity index is 2.49. The van der Waals surface area contributed by atoms with E-state index in [1.807, 2.05) is 13.8 Å². The number of sulfonamides is 1. The van der Waals surface area contributed by atoms with Crippen LogP contribution in [0.2, 0.25) is 0 Å². The van der Waals surface area contributed by atoms with E-state index in [9.17, 15) is 8.42 Å². The zero-order valence-corrected chi connectivity index (χ0v) is 13.2. The second-order valence-corrected chi connectivity index (χ2v) is 7.18. The molecule has 0 aliphatic carbocycles. The van der Waals surface area contributed by atoms with Crippen LogP contribution in [-0.2, 0) is 10.0 Å². The third kappa shape index (κ3) is 2.69. The zero-order valence-electron chi connectivity index (χ0n) is 12.3. The van der Waals surface area contributed by atoms with E-state index in [1.165, 1.54) is 4.31 Å². The van der Waals surface area contributed by atoms with Crippen LogP contribution >= 0.6 is 0 Å². The number of benzene rings is 1. The molecule has 0 amide bonds. The van der Waals surface area contributed by atoms with Gasteiger partial charge in [0.05, 0.1) is 12.0 Å². The molecule has 1 heterocycles. The van der Waals surface area contributed by atoms with Crippen molar-refractivity contribution >= 4 is 10.0 Å². The highest BCUT2D eigenvalue weighted by Gasteiger charge is 2.33. The smallest absolute Gasteiger partial charge is 0.243 e. The van der Waals surface area contributed by atoms with Gasteiger partial charge >= 0.3 is 0 Å². The lowest BCUT2D eigenvalue weighted by molar-refractivity contribution is 0.289. The minimum Gasteiger partial charge on any atom is -0.497 e. The van der Waals surface area contributed by atoms with Gasteiger partial charge in [-0.15, -0.1) is 0 Å². The zero-order chi connectivity index (χ0) is 14.9. The summed E-state index contributed by atoms with van der Waals surface area (Å²) in [4.78, 5) is 0.397. The summed E-state index contributed by atoms with van der Waals surface area (Å²) in [6.45, 7) is 8.16. The van der Waals surface area contributed by atoms with E-state index in [2.05, 4.69) is 6.92 Å². The van der Waals surface area contributed by atoms with E-state index in [4.69, 9.17) is 4.74 Å². The van der Waals surface area contributed by atoms with Crippen molar-refractivity contribution in [3.63, 3.8) is 0 Å². The van der Waals surface area contributed by atoms with Gasteiger partial charge in [0.15, 0.2) is 0 Å². The van der Waals surface area contributed by atoms with Crippen LogP contribution in [-0.4, -0.2) is 32.4 Å². The predicted octanol–water partition coefficient (Wildman–Crippen LogP) is 2.69. The lowest BCUT2D eigenvalue weighted by atomic mass is 10.1. The highest BCUT2D eigenvalue weighted by Crippen LogP contribution is 2.31. The Hall–Kier alpha value is -1.07. The van der Waals surface area contributed by atoms with Crippen molar-refractivity contribution in [1.82, 2.24) is 4.31 Å². The van der Waals surface area contributed by atoms with Gasteiger partial charge in [-0.2, -0.15) is 4.31 Å². The highest BCUT2D eigenvalue weighted by atomic mass is 32.2. The van der Waals surface area contributed by atoms with Crippen LogP contribution in [0.15, 0.2) is 17.0 Å². The summed E-state index contributed by atoms with van der Waals surface area (Å²) in [5.74, 6) is 0.684. The SMILES string of the molecule is [CH2]C1CCCCN1S(=O)(=O)c1c(C)cc(OC)cc1C. The van der Waals surface area contributed by atoms with Gasteiger partial charge < -0.3 is 4.74 Å². The van der Waals surface area contributed by atoms with Crippen molar-refractivity contribution in [2.45, 2.75) is 44.0 Å². The third-order valence-electron chi connectivity index (χ3n) is 3.81. The van der Waals surface area contributed by atoms with E-state index < -0.39 is 10.0 Å². The Labute approximate surface area is 121 Å². The fourth-order valence-electron chi connectivity index (χ4n) is 2.84. The Morgan fingerprint density at radius 1 is 1.25 bits per heavy atom. The Bertz CT molecular complexity index is 572. The van der Waals surface area contributed by atoms with Crippen LogP contribution in [0, 0.1) is 20.8 Å². The van der Waals surface area contributed by atoms with Crippen LogP contribution in [0.1, 0.15) is 30.4 Å². The van der Waals surface area contributed by atoms with Crippen LogP contribution in [0.4, 0.5) is 0 Å². The maximum atomic E-state index is 12.9. The summed E-state index contributed by atoms with van der Waals surface area (Å²) in [7, 11) is -1.90. The fourth-order valence-corrected chi connectivity index (χ4v) is 4.88. The van der Waals surface area contributed by atoms with Gasteiger partial charge in [-0.1, -0.05) is 6.42 Å². The molecule has 1 saturated heterocycles. The minimum absolute atomic E-state index is 0.172. The van der Waals surface area contributed by atoms with Gasteiger partial charge in [0.2, 0.25) is 10.0 Å². The van der Waals surface area contributed by atoms with Crippen molar-refractivity contribution in [3.05, 3.63) is 30.2 Å². The van der Waals surface area contributed by atoms with Gasteiger partial charge in [-0.3, -0.25) is 0 Å². The summed E-state index contributed by atoms with van der Waals surface area (Å²) in [6, 6.07) is 3.36. The molecule has 4 nitrogen and oxygen atoms in total. The molecule has 1 radical (unpaired) electrons. The molecular formula is C15H22NO3S. The topological polar surface area (TPSA) is 46.6 Å². The second kappa shape index (κ2) is 5.74. The molecule has 1 unspecified atom stereocenters. The molecule has 5 heteroatoms. The van der Waals surface area contributed by atoms with Crippen molar-refractivity contribution < 1.29 is 13.2 Å². The van der Waals surface area contributed by atoms with E-state index >= 15 is 0 Å². The molecule has 111 valence electrons. The number of hydrogen-bond donors (Lipinski definition) is 0. The summed E-state index contributed by atoms with van der Waals surface area (Å²) in [5, 5.41) is 0. The van der Waals surface area contributed by atoms with Gasteiger partial charge in [0, 0.05) is 12.6 Å². The molecule has 1 atom stereocenters. The number of rotatable bonds is 3. The fraction of sp³-hybridized carbons (Fsp3) is 0.533. The molecule has 1 aromatic rings. The summed E-state index contributed by atoms with van der Waals surface area (Å²) < 4.78 is 32.5. The number of ether oxygens (including phenoxy) is 1. The van der Waals surface area contributed by atoms with Crippen molar-refractivity contribution in [2.24, 2.45) is 0 Å². The Kier molecular flexibility index (Phi) is 4.39. The third-order valence-corrected chi connectivity index (χ3v) is 6.07. The molecule has 0 spiro atoms. The molecule has 1 aliphatic rings. The number of nitrogens with zero attached hydrogens (tertiary/aromatic N) is 1. The first kappa shape index (κ1) is 15.3. The van der Waals surface area contributed by atoms with Gasteiger partial charge in [-0.25, -0.2) is 8.42 Å². The minimum atomic E-state index is -3.48. The quantitative estimate of drug-likeness (QED) is 0.861. The summed E-state index contributed by atoms with van der Waals surface area (Å²) in [5.41, 5.74) is 1.44. The lowest BCUT2D eigenvalue weighted by Gasteiger charge is -2.33. The van der Waals surface area contributed by atoms with Crippen molar-refractivity contribution in [1.29, 1.82) is 0 Å². The van der Waals surface area contributed by atoms with Crippen LogP contribution in [0.3, 0.4) is 0 Å². The van der Waals surface area contributed by atoms with Crippen molar-refractivity contribution in [2.75, 3.05) is 13.7 Å². The van der Waals surface area contributed by atoms with Crippen molar-refractivity contribution in [3.8, 4) is 5.75 Å². The molecule has 1 aliphatic heterocycles. The average molecular weight is 296 g/mol. The maximum absolute atomic E-state index is 12.9. The van der Waals surface area contributed by atoms with E-state index in [-0.39, 0.29) is 6.04 Å². The maximum Gasteiger partial charge on any atom is 0.243 e. The number of piperidine rings is 1. The Morgan fingerprint density at radius 2 is 1.85 bits per heavy atom.